The van der Waals surface area contributed by atoms with Crippen LogP contribution in [0.1, 0.15) is 58.1 Å². The van der Waals surface area contributed by atoms with Gasteiger partial charge in [-0.2, -0.15) is 5.10 Å². The Morgan fingerprint density at radius 2 is 2.05 bits per heavy atom. The molecule has 0 spiro atoms. The summed E-state index contributed by atoms with van der Waals surface area (Å²) in [4.78, 5) is 32.0. The molecule has 4 aromatic rings. The normalized spacial score (nSPS) is 19.3. The number of nitrogens with zero attached hydrogens (tertiary/aromatic N) is 4. The minimum atomic E-state index is -0.485. The molecule has 1 atom stereocenters. The summed E-state index contributed by atoms with van der Waals surface area (Å²) in [7, 11) is 1.47. The smallest absolute Gasteiger partial charge is 0.274 e. The summed E-state index contributed by atoms with van der Waals surface area (Å²) in [6.45, 7) is 0.745. The first-order valence-electron chi connectivity index (χ1n) is 12.6. The van der Waals surface area contributed by atoms with E-state index in [1.165, 1.54) is 17.9 Å². The number of fused-ring (bicyclic) bond motifs is 1. The molecular weight excluding hydrogens is 508 g/mol. The van der Waals surface area contributed by atoms with Gasteiger partial charge < -0.3 is 20.7 Å². The molecule has 1 saturated heterocycles. The number of hydrogen-bond donors (Lipinski definition) is 4. The second-order valence-corrected chi connectivity index (χ2v) is 10.5. The molecule has 38 heavy (non-hydrogen) atoms. The van der Waals surface area contributed by atoms with E-state index in [1.54, 1.807) is 24.5 Å². The number of hydrogen-bond acceptors (Lipinski definition) is 7. The molecule has 7 rings (SSSR count). The lowest BCUT2D eigenvalue weighted by molar-refractivity contribution is 0.0928. The number of aromatic amines is 1. The van der Waals surface area contributed by atoms with Crippen LogP contribution in [-0.4, -0.2) is 56.0 Å². The molecule has 194 valence electrons. The van der Waals surface area contributed by atoms with Gasteiger partial charge in [-0.15, -0.1) is 5.10 Å². The monoisotopic (exact) mass is 532 g/mol. The average Bonchev–Trinajstić information content (AvgIpc) is 3.82. The molecule has 1 aliphatic heterocycles. The first-order valence-corrected chi connectivity index (χ1v) is 13.0. The number of rotatable bonds is 8. The van der Waals surface area contributed by atoms with Crippen molar-refractivity contribution in [2.75, 3.05) is 19.0 Å². The number of amides is 2. The summed E-state index contributed by atoms with van der Waals surface area (Å²) in [6.07, 6.45) is 7.49. The van der Waals surface area contributed by atoms with Crippen LogP contribution in [0, 0.1) is 5.92 Å². The molecule has 0 bridgehead atoms. The summed E-state index contributed by atoms with van der Waals surface area (Å²) < 4.78 is 6.64. The zero-order valence-electron chi connectivity index (χ0n) is 20.5. The van der Waals surface area contributed by atoms with Gasteiger partial charge in [0.1, 0.15) is 5.69 Å². The molecule has 2 aliphatic carbocycles. The zero-order chi connectivity index (χ0) is 26.0. The van der Waals surface area contributed by atoms with Gasteiger partial charge in [-0.1, -0.05) is 11.6 Å². The molecule has 3 aromatic heterocycles. The van der Waals surface area contributed by atoms with Gasteiger partial charge in [0.15, 0.2) is 5.82 Å². The topological polar surface area (TPSA) is 149 Å². The number of anilines is 1. The summed E-state index contributed by atoms with van der Waals surface area (Å²) in [6, 6.07) is 6.84. The largest absolute Gasteiger partial charge is 0.480 e. The van der Waals surface area contributed by atoms with Crippen molar-refractivity contribution >= 4 is 40.0 Å². The third-order valence-electron chi connectivity index (χ3n) is 7.60. The summed E-state index contributed by atoms with van der Waals surface area (Å²) in [5, 5.41) is 22.3. The predicted molar refractivity (Wildman–Crippen MR) is 140 cm³/mol. The van der Waals surface area contributed by atoms with Crippen molar-refractivity contribution in [1.82, 2.24) is 35.6 Å². The van der Waals surface area contributed by atoms with E-state index >= 15 is 0 Å². The molecule has 11 nitrogen and oxygen atoms in total. The number of pyridine rings is 1. The SMILES string of the molecule is COc1cc(C(=O)Nc2c(C3CN3)cc3cn[nH]c3c2C(=O)NC2(C3CC3)CC2)n(-c2ncccc2Cl)n1. The molecule has 3 fully saturated rings. The molecule has 12 heteroatoms. The average molecular weight is 533 g/mol. The van der Waals surface area contributed by atoms with E-state index in [4.69, 9.17) is 16.3 Å². The first-order chi connectivity index (χ1) is 18.5. The second kappa shape index (κ2) is 8.53. The highest BCUT2D eigenvalue weighted by molar-refractivity contribution is 6.32. The van der Waals surface area contributed by atoms with Crippen LogP contribution in [0.5, 0.6) is 5.88 Å². The molecule has 4 N–H and O–H groups in total. The maximum Gasteiger partial charge on any atom is 0.274 e. The lowest BCUT2D eigenvalue weighted by Gasteiger charge is -2.20. The van der Waals surface area contributed by atoms with Gasteiger partial charge in [0.05, 0.1) is 35.1 Å². The number of carbonyl (C=O) groups is 2. The number of carbonyl (C=O) groups excluding carboxylic acids is 2. The van der Waals surface area contributed by atoms with Crippen LogP contribution in [0.2, 0.25) is 5.02 Å². The van der Waals surface area contributed by atoms with Gasteiger partial charge in [-0.3, -0.25) is 14.7 Å². The van der Waals surface area contributed by atoms with Crippen molar-refractivity contribution in [2.45, 2.75) is 37.3 Å². The van der Waals surface area contributed by atoms with Crippen molar-refractivity contribution in [1.29, 1.82) is 0 Å². The van der Waals surface area contributed by atoms with Crippen LogP contribution in [0.15, 0.2) is 36.7 Å². The van der Waals surface area contributed by atoms with E-state index in [0.717, 1.165) is 43.2 Å². The zero-order valence-corrected chi connectivity index (χ0v) is 21.3. The third-order valence-corrected chi connectivity index (χ3v) is 7.89. The van der Waals surface area contributed by atoms with Crippen LogP contribution in [0.3, 0.4) is 0 Å². The Hall–Kier alpha value is -3.96. The molecular formula is C26H25ClN8O3. The fourth-order valence-electron chi connectivity index (χ4n) is 5.22. The highest BCUT2D eigenvalue weighted by Gasteiger charge is 2.55. The number of H-pyrrole nitrogens is 1. The van der Waals surface area contributed by atoms with E-state index in [-0.39, 0.29) is 34.9 Å². The minimum Gasteiger partial charge on any atom is -0.480 e. The van der Waals surface area contributed by atoms with Gasteiger partial charge in [-0.05, 0) is 55.4 Å². The molecule has 4 heterocycles. The minimum absolute atomic E-state index is 0.0131. The van der Waals surface area contributed by atoms with E-state index < -0.39 is 5.91 Å². The van der Waals surface area contributed by atoms with E-state index in [1.807, 2.05) is 6.07 Å². The van der Waals surface area contributed by atoms with Crippen molar-refractivity contribution in [2.24, 2.45) is 5.92 Å². The van der Waals surface area contributed by atoms with E-state index in [2.05, 4.69) is 36.2 Å². The van der Waals surface area contributed by atoms with Gasteiger partial charge >= 0.3 is 0 Å². The van der Waals surface area contributed by atoms with Gasteiger partial charge in [-0.25, -0.2) is 9.67 Å². The molecule has 3 aliphatic rings. The molecule has 2 amide bonds. The van der Waals surface area contributed by atoms with Gasteiger partial charge in [0.2, 0.25) is 5.88 Å². The molecule has 0 radical (unpaired) electrons. The van der Waals surface area contributed by atoms with Crippen LogP contribution in [0.4, 0.5) is 5.69 Å². The Labute approximate surface area is 222 Å². The Morgan fingerprint density at radius 3 is 2.74 bits per heavy atom. The number of halogens is 1. The van der Waals surface area contributed by atoms with Gasteiger partial charge in [0, 0.05) is 35.8 Å². The Bertz CT molecular complexity index is 1600. The molecule has 1 aromatic carbocycles. The Balaban J connectivity index is 1.32. The Kier molecular flexibility index (Phi) is 5.21. The fourth-order valence-corrected chi connectivity index (χ4v) is 5.42. The van der Waals surface area contributed by atoms with Crippen LogP contribution < -0.4 is 20.7 Å². The Morgan fingerprint density at radius 1 is 1.24 bits per heavy atom. The molecule has 2 saturated carbocycles. The number of ether oxygens (including phenoxy) is 1. The number of benzene rings is 1. The number of methoxy groups -OCH3 is 1. The third kappa shape index (κ3) is 3.89. The van der Waals surface area contributed by atoms with Crippen molar-refractivity contribution < 1.29 is 14.3 Å². The van der Waals surface area contributed by atoms with Gasteiger partial charge in [0.25, 0.3) is 11.8 Å². The highest BCUT2D eigenvalue weighted by Crippen LogP contribution is 2.54. The van der Waals surface area contributed by atoms with E-state index in [0.29, 0.717) is 27.7 Å². The summed E-state index contributed by atoms with van der Waals surface area (Å²) >= 11 is 6.37. The number of nitrogens with one attached hydrogen (secondary N) is 4. The van der Waals surface area contributed by atoms with Crippen LogP contribution in [0.25, 0.3) is 16.7 Å². The van der Waals surface area contributed by atoms with Crippen molar-refractivity contribution in [3.8, 4) is 11.7 Å². The summed E-state index contributed by atoms with van der Waals surface area (Å²) in [5.41, 5.74) is 2.22. The molecule has 1 unspecified atom stereocenters. The number of aromatic nitrogens is 5. The highest BCUT2D eigenvalue weighted by atomic mass is 35.5. The standard InChI is InChI=1S/C26H25ClN8O3/c1-38-19-10-18(35(34-19)23-16(27)3-2-8-28-23)24(36)31-22-15(17-12-29-17)9-13-11-30-33-21(13)20(22)25(37)32-26(6-7-26)14-4-5-14/h2-3,8-11,14,17,29H,4-7,12H2,1H3,(H,30,33)(H,31,36)(H,32,37). The predicted octanol–water partition coefficient (Wildman–Crippen LogP) is 3.37. The first kappa shape index (κ1) is 23.2. The summed E-state index contributed by atoms with van der Waals surface area (Å²) in [5.74, 6) is 0.331. The maximum atomic E-state index is 13.9. The fraction of sp³-hybridized carbons (Fsp3) is 0.346. The van der Waals surface area contributed by atoms with Crippen LogP contribution in [-0.2, 0) is 0 Å². The van der Waals surface area contributed by atoms with E-state index in [9.17, 15) is 9.59 Å². The quantitative estimate of drug-likeness (QED) is 0.254. The van der Waals surface area contributed by atoms with Crippen LogP contribution >= 0.6 is 11.6 Å². The second-order valence-electron chi connectivity index (χ2n) is 10.1. The lowest BCUT2D eigenvalue weighted by atomic mass is 9.99. The lowest BCUT2D eigenvalue weighted by Crippen LogP contribution is -2.39. The van der Waals surface area contributed by atoms with Crippen molar-refractivity contribution in [3.63, 3.8) is 0 Å². The van der Waals surface area contributed by atoms with Crippen molar-refractivity contribution in [3.05, 3.63) is 58.5 Å². The maximum absolute atomic E-state index is 13.9.